The summed E-state index contributed by atoms with van der Waals surface area (Å²) in [6.45, 7) is 0.195. The van der Waals surface area contributed by atoms with Crippen molar-refractivity contribution in [3.8, 4) is 5.75 Å². The summed E-state index contributed by atoms with van der Waals surface area (Å²) >= 11 is 9.09. The predicted octanol–water partition coefficient (Wildman–Crippen LogP) is 3.98. The molecule has 0 spiro atoms. The highest BCUT2D eigenvalue weighted by Gasteiger charge is 2.10. The third kappa shape index (κ3) is 3.65. The van der Waals surface area contributed by atoms with Crippen molar-refractivity contribution in [1.29, 1.82) is 0 Å². The number of halogens is 2. The Morgan fingerprint density at radius 1 is 1.42 bits per heavy atom. The molecule has 1 aromatic carbocycles. The van der Waals surface area contributed by atoms with Crippen molar-refractivity contribution in [1.82, 2.24) is 4.98 Å². The molecule has 98 valence electrons. The first kappa shape index (κ1) is 13.8. The van der Waals surface area contributed by atoms with Gasteiger partial charge in [0.05, 0.1) is 11.0 Å². The second-order valence-corrected chi connectivity index (χ2v) is 4.92. The minimum atomic E-state index is -0.478. The topological polar surface area (TPSA) is 65.3 Å². The lowest BCUT2D eigenvalue weighted by atomic mass is 10.3. The monoisotopic (exact) mass is 342 g/mol. The molecule has 0 aliphatic carbocycles. The number of hydrogen-bond donors (Lipinski definition) is 0. The Balaban J connectivity index is 2.16. The summed E-state index contributed by atoms with van der Waals surface area (Å²) in [6, 6.07) is 7.94. The van der Waals surface area contributed by atoms with Crippen LogP contribution in [0.15, 0.2) is 41.0 Å². The molecule has 5 nitrogen and oxygen atoms in total. The van der Waals surface area contributed by atoms with Gasteiger partial charge >= 0.3 is 0 Å². The number of aromatic nitrogens is 1. The molecule has 0 radical (unpaired) electrons. The summed E-state index contributed by atoms with van der Waals surface area (Å²) in [5.74, 6) is 0.390. The molecular weight excluding hydrogens is 336 g/mol. The number of nitro groups is 1. The number of ether oxygens (including phenoxy) is 1. The normalized spacial score (nSPS) is 10.2. The van der Waals surface area contributed by atoms with Crippen LogP contribution in [0.5, 0.6) is 5.75 Å². The minimum absolute atomic E-state index is 0.0401. The molecule has 0 atom stereocenters. The number of benzene rings is 1. The molecule has 1 heterocycles. The SMILES string of the molecule is O=[N+]([O-])c1cc(Br)cc(OCc2cccnc2Cl)c1. The fourth-order valence-electron chi connectivity index (χ4n) is 1.42. The first-order valence-corrected chi connectivity index (χ1v) is 6.40. The van der Waals surface area contributed by atoms with Crippen molar-refractivity contribution in [2.75, 3.05) is 0 Å². The summed E-state index contributed by atoms with van der Waals surface area (Å²) in [4.78, 5) is 14.2. The lowest BCUT2D eigenvalue weighted by Gasteiger charge is -2.07. The van der Waals surface area contributed by atoms with Crippen LogP contribution in [0, 0.1) is 10.1 Å². The molecule has 2 aromatic rings. The Bertz CT molecular complexity index is 622. The molecule has 0 aliphatic rings. The van der Waals surface area contributed by atoms with Crippen LogP contribution in [0.4, 0.5) is 5.69 Å². The number of nitro benzene ring substituents is 1. The van der Waals surface area contributed by atoms with Crippen molar-refractivity contribution in [3.63, 3.8) is 0 Å². The molecule has 0 amide bonds. The van der Waals surface area contributed by atoms with Crippen molar-refractivity contribution >= 4 is 33.2 Å². The highest BCUT2D eigenvalue weighted by molar-refractivity contribution is 9.10. The molecular formula is C12H8BrClN2O3. The Labute approximate surface area is 122 Å². The number of hydrogen-bond acceptors (Lipinski definition) is 4. The van der Waals surface area contributed by atoms with Gasteiger partial charge in [0, 0.05) is 22.3 Å². The lowest BCUT2D eigenvalue weighted by Crippen LogP contribution is -1.98. The van der Waals surface area contributed by atoms with E-state index in [9.17, 15) is 10.1 Å². The van der Waals surface area contributed by atoms with Gasteiger partial charge in [-0.3, -0.25) is 10.1 Å². The molecule has 0 saturated heterocycles. The summed E-state index contributed by atoms with van der Waals surface area (Å²) < 4.78 is 6.06. The van der Waals surface area contributed by atoms with Crippen LogP contribution in [0.25, 0.3) is 0 Å². The zero-order chi connectivity index (χ0) is 13.8. The van der Waals surface area contributed by atoms with Crippen LogP contribution in [-0.4, -0.2) is 9.91 Å². The predicted molar refractivity (Wildman–Crippen MR) is 74.4 cm³/mol. The van der Waals surface area contributed by atoms with Crippen molar-refractivity contribution < 1.29 is 9.66 Å². The molecule has 7 heteroatoms. The number of nitrogens with zero attached hydrogens (tertiary/aromatic N) is 2. The molecule has 0 unspecified atom stereocenters. The largest absolute Gasteiger partial charge is 0.488 e. The quantitative estimate of drug-likeness (QED) is 0.478. The van der Waals surface area contributed by atoms with Crippen LogP contribution >= 0.6 is 27.5 Å². The zero-order valence-corrected chi connectivity index (χ0v) is 11.9. The smallest absolute Gasteiger partial charge is 0.274 e. The maximum atomic E-state index is 10.7. The molecule has 19 heavy (non-hydrogen) atoms. The van der Waals surface area contributed by atoms with Gasteiger partial charge < -0.3 is 4.74 Å². The Morgan fingerprint density at radius 3 is 2.89 bits per heavy atom. The molecule has 0 bridgehead atoms. The molecule has 0 saturated carbocycles. The molecule has 0 N–H and O–H groups in total. The van der Waals surface area contributed by atoms with Gasteiger partial charge in [-0.1, -0.05) is 33.6 Å². The summed E-state index contributed by atoms with van der Waals surface area (Å²) in [5, 5.41) is 11.1. The van der Waals surface area contributed by atoms with E-state index in [2.05, 4.69) is 20.9 Å². The van der Waals surface area contributed by atoms with E-state index in [1.165, 1.54) is 12.1 Å². The van der Waals surface area contributed by atoms with Crippen molar-refractivity contribution in [3.05, 3.63) is 61.8 Å². The van der Waals surface area contributed by atoms with Crippen LogP contribution in [0.2, 0.25) is 5.15 Å². The molecule has 1 aromatic heterocycles. The van der Waals surface area contributed by atoms with Crippen LogP contribution < -0.4 is 4.74 Å². The van der Waals surface area contributed by atoms with Crippen LogP contribution in [0.3, 0.4) is 0 Å². The van der Waals surface area contributed by atoms with E-state index < -0.39 is 4.92 Å². The van der Waals surface area contributed by atoms with Crippen molar-refractivity contribution in [2.24, 2.45) is 0 Å². The third-order valence-electron chi connectivity index (χ3n) is 2.30. The maximum absolute atomic E-state index is 10.7. The molecule has 0 aliphatic heterocycles. The number of pyridine rings is 1. The summed E-state index contributed by atoms with van der Waals surface area (Å²) in [5.41, 5.74) is 0.674. The molecule has 2 rings (SSSR count). The second-order valence-electron chi connectivity index (χ2n) is 3.64. The third-order valence-corrected chi connectivity index (χ3v) is 3.10. The Hall–Kier alpha value is -1.66. The summed E-state index contributed by atoms with van der Waals surface area (Å²) in [7, 11) is 0. The Kier molecular flexibility index (Phi) is 4.34. The fourth-order valence-corrected chi connectivity index (χ4v) is 2.06. The number of rotatable bonds is 4. The van der Waals surface area contributed by atoms with Crippen molar-refractivity contribution in [2.45, 2.75) is 6.61 Å². The van der Waals surface area contributed by atoms with Gasteiger partial charge in [-0.15, -0.1) is 0 Å². The van der Waals surface area contributed by atoms with Crippen LogP contribution in [0.1, 0.15) is 5.56 Å². The van der Waals surface area contributed by atoms with Gasteiger partial charge in [0.2, 0.25) is 0 Å². The van der Waals surface area contributed by atoms with E-state index in [1.54, 1.807) is 24.4 Å². The minimum Gasteiger partial charge on any atom is -0.488 e. The second kappa shape index (κ2) is 5.99. The van der Waals surface area contributed by atoms with E-state index in [4.69, 9.17) is 16.3 Å². The molecule has 0 fully saturated rings. The summed E-state index contributed by atoms with van der Waals surface area (Å²) in [6.07, 6.45) is 1.58. The van der Waals surface area contributed by atoms with Gasteiger partial charge in [-0.05, 0) is 12.1 Å². The van der Waals surface area contributed by atoms with E-state index in [0.29, 0.717) is 20.9 Å². The van der Waals surface area contributed by atoms with E-state index >= 15 is 0 Å². The lowest BCUT2D eigenvalue weighted by molar-refractivity contribution is -0.385. The number of non-ortho nitro benzene ring substituents is 1. The average Bonchev–Trinajstić information content (AvgIpc) is 2.37. The first-order valence-electron chi connectivity index (χ1n) is 5.23. The standard InChI is InChI=1S/C12H8BrClN2O3/c13-9-4-10(16(17)18)6-11(5-9)19-7-8-2-1-3-15-12(8)14/h1-6H,7H2. The van der Waals surface area contributed by atoms with E-state index in [1.807, 2.05) is 0 Å². The average molecular weight is 344 g/mol. The fraction of sp³-hybridized carbons (Fsp3) is 0.0833. The van der Waals surface area contributed by atoms with E-state index in [0.717, 1.165) is 0 Å². The Morgan fingerprint density at radius 2 is 2.21 bits per heavy atom. The highest BCUT2D eigenvalue weighted by atomic mass is 79.9. The van der Waals surface area contributed by atoms with Gasteiger partial charge in [0.15, 0.2) is 0 Å². The van der Waals surface area contributed by atoms with Gasteiger partial charge in [0.1, 0.15) is 17.5 Å². The van der Waals surface area contributed by atoms with Gasteiger partial charge in [-0.2, -0.15) is 0 Å². The highest BCUT2D eigenvalue weighted by Crippen LogP contribution is 2.27. The first-order chi connectivity index (χ1) is 9.06. The van der Waals surface area contributed by atoms with Gasteiger partial charge in [-0.25, -0.2) is 4.98 Å². The van der Waals surface area contributed by atoms with Crippen LogP contribution in [-0.2, 0) is 6.61 Å². The van der Waals surface area contributed by atoms with Gasteiger partial charge in [0.25, 0.3) is 5.69 Å². The zero-order valence-electron chi connectivity index (χ0n) is 9.55. The van der Waals surface area contributed by atoms with E-state index in [-0.39, 0.29) is 12.3 Å². The maximum Gasteiger partial charge on any atom is 0.274 e.